The number of hydrogen-bond acceptors (Lipinski definition) is 3. The van der Waals surface area contributed by atoms with Crippen LogP contribution in [0.1, 0.15) is 18.7 Å². The highest BCUT2D eigenvalue weighted by Gasteiger charge is 2.20. The second kappa shape index (κ2) is 5.12. The minimum Gasteiger partial charge on any atom is -0.384 e. The Hall–Kier alpha value is -1.65. The van der Waals surface area contributed by atoms with E-state index >= 15 is 0 Å². The van der Waals surface area contributed by atoms with E-state index in [1.807, 2.05) is 37.3 Å². The number of nitrogens with zero attached hydrogens (tertiary/aromatic N) is 2. The zero-order valence-electron chi connectivity index (χ0n) is 9.95. The number of benzene rings is 1. The maximum atomic E-state index is 10.1. The Morgan fingerprint density at radius 2 is 1.94 bits per heavy atom. The molecule has 1 aromatic carbocycles. The van der Waals surface area contributed by atoms with Crippen LogP contribution in [0.2, 0.25) is 0 Å². The summed E-state index contributed by atoms with van der Waals surface area (Å²) >= 11 is 0. The molecule has 1 aromatic heterocycles. The standard InChI is InChI=1S/C13H16N2O2/c1-10(17-2)13(16)12-8-9-14-15(12)11-6-4-3-5-7-11/h3-10,13,16H,1-2H3. The number of aliphatic hydroxyl groups is 1. The van der Waals surface area contributed by atoms with Crippen molar-refractivity contribution >= 4 is 0 Å². The number of ether oxygens (including phenoxy) is 1. The van der Waals surface area contributed by atoms with Crippen LogP contribution in [0.15, 0.2) is 42.6 Å². The maximum absolute atomic E-state index is 10.1. The molecule has 0 saturated carbocycles. The van der Waals surface area contributed by atoms with Crippen molar-refractivity contribution in [3.8, 4) is 5.69 Å². The Labute approximate surface area is 100 Å². The summed E-state index contributed by atoms with van der Waals surface area (Å²) in [5.74, 6) is 0. The molecule has 0 bridgehead atoms. The first-order valence-corrected chi connectivity index (χ1v) is 5.54. The van der Waals surface area contributed by atoms with Crippen molar-refractivity contribution in [1.29, 1.82) is 0 Å². The third kappa shape index (κ3) is 2.38. The van der Waals surface area contributed by atoms with Crippen LogP contribution in [0.25, 0.3) is 5.69 Å². The number of aliphatic hydroxyl groups excluding tert-OH is 1. The fourth-order valence-corrected chi connectivity index (χ4v) is 1.69. The Morgan fingerprint density at radius 1 is 1.24 bits per heavy atom. The van der Waals surface area contributed by atoms with E-state index in [4.69, 9.17) is 4.74 Å². The molecule has 0 spiro atoms. The third-order valence-corrected chi connectivity index (χ3v) is 2.79. The molecule has 0 aliphatic rings. The normalized spacial score (nSPS) is 14.5. The van der Waals surface area contributed by atoms with E-state index in [0.29, 0.717) is 0 Å². The number of methoxy groups -OCH3 is 1. The van der Waals surface area contributed by atoms with Crippen LogP contribution in [0.5, 0.6) is 0 Å². The molecule has 0 fully saturated rings. The van der Waals surface area contributed by atoms with E-state index < -0.39 is 6.10 Å². The van der Waals surface area contributed by atoms with E-state index in [2.05, 4.69) is 5.10 Å². The van der Waals surface area contributed by atoms with Gasteiger partial charge in [-0.15, -0.1) is 0 Å². The highest BCUT2D eigenvalue weighted by molar-refractivity contribution is 5.32. The van der Waals surface area contributed by atoms with Crippen LogP contribution >= 0.6 is 0 Å². The first-order valence-electron chi connectivity index (χ1n) is 5.54. The van der Waals surface area contributed by atoms with Gasteiger partial charge >= 0.3 is 0 Å². The first kappa shape index (κ1) is 11.8. The lowest BCUT2D eigenvalue weighted by Crippen LogP contribution is -2.20. The molecule has 0 saturated heterocycles. The third-order valence-electron chi connectivity index (χ3n) is 2.79. The minimum absolute atomic E-state index is 0.269. The molecule has 17 heavy (non-hydrogen) atoms. The molecular formula is C13H16N2O2. The Balaban J connectivity index is 2.35. The molecule has 2 atom stereocenters. The van der Waals surface area contributed by atoms with Crippen molar-refractivity contribution in [1.82, 2.24) is 9.78 Å². The topological polar surface area (TPSA) is 47.3 Å². The van der Waals surface area contributed by atoms with Gasteiger partial charge in [0, 0.05) is 13.3 Å². The quantitative estimate of drug-likeness (QED) is 0.876. The van der Waals surface area contributed by atoms with Crippen molar-refractivity contribution in [3.05, 3.63) is 48.3 Å². The Morgan fingerprint density at radius 3 is 2.59 bits per heavy atom. The first-order chi connectivity index (χ1) is 8.24. The van der Waals surface area contributed by atoms with Crippen molar-refractivity contribution < 1.29 is 9.84 Å². The van der Waals surface area contributed by atoms with Gasteiger partial charge in [-0.3, -0.25) is 0 Å². The van der Waals surface area contributed by atoms with Gasteiger partial charge in [-0.1, -0.05) is 18.2 Å². The molecule has 0 aliphatic carbocycles. The van der Waals surface area contributed by atoms with Crippen molar-refractivity contribution in [2.75, 3.05) is 7.11 Å². The van der Waals surface area contributed by atoms with E-state index in [9.17, 15) is 5.11 Å². The summed E-state index contributed by atoms with van der Waals surface area (Å²) in [5.41, 5.74) is 1.65. The predicted molar refractivity (Wildman–Crippen MR) is 65.0 cm³/mol. The second-order valence-corrected chi connectivity index (χ2v) is 3.89. The second-order valence-electron chi connectivity index (χ2n) is 3.89. The van der Waals surface area contributed by atoms with Gasteiger partial charge in [0.25, 0.3) is 0 Å². The van der Waals surface area contributed by atoms with E-state index in [-0.39, 0.29) is 6.10 Å². The fraction of sp³-hybridized carbons (Fsp3) is 0.308. The number of para-hydroxylation sites is 1. The highest BCUT2D eigenvalue weighted by Crippen LogP contribution is 2.21. The van der Waals surface area contributed by atoms with E-state index in [1.165, 1.54) is 0 Å². The van der Waals surface area contributed by atoms with Crippen LogP contribution in [-0.4, -0.2) is 28.1 Å². The van der Waals surface area contributed by atoms with E-state index in [1.54, 1.807) is 24.1 Å². The van der Waals surface area contributed by atoms with Gasteiger partial charge in [-0.2, -0.15) is 5.10 Å². The molecule has 4 heteroatoms. The largest absolute Gasteiger partial charge is 0.384 e. The summed E-state index contributed by atoms with van der Waals surface area (Å²) in [5, 5.41) is 14.4. The molecule has 2 rings (SSSR count). The molecule has 4 nitrogen and oxygen atoms in total. The smallest absolute Gasteiger partial charge is 0.122 e. The van der Waals surface area contributed by atoms with Crippen molar-refractivity contribution in [3.63, 3.8) is 0 Å². The lowest BCUT2D eigenvalue weighted by Gasteiger charge is -2.18. The van der Waals surface area contributed by atoms with Gasteiger partial charge in [-0.25, -0.2) is 4.68 Å². The average molecular weight is 232 g/mol. The summed E-state index contributed by atoms with van der Waals surface area (Å²) in [4.78, 5) is 0. The molecule has 0 amide bonds. The summed E-state index contributed by atoms with van der Waals surface area (Å²) in [6, 6.07) is 11.5. The summed E-state index contributed by atoms with van der Waals surface area (Å²) in [7, 11) is 1.58. The maximum Gasteiger partial charge on any atom is 0.122 e. The molecular weight excluding hydrogens is 216 g/mol. The van der Waals surface area contributed by atoms with Crippen LogP contribution < -0.4 is 0 Å². The summed E-state index contributed by atoms with van der Waals surface area (Å²) in [6.45, 7) is 1.83. The van der Waals surface area contributed by atoms with Gasteiger partial charge in [-0.05, 0) is 25.1 Å². The molecule has 1 heterocycles. The minimum atomic E-state index is -0.692. The van der Waals surface area contributed by atoms with Gasteiger partial charge in [0.15, 0.2) is 0 Å². The average Bonchev–Trinajstić information content (AvgIpc) is 2.87. The number of rotatable bonds is 4. The Kier molecular flexibility index (Phi) is 3.56. The monoisotopic (exact) mass is 232 g/mol. The van der Waals surface area contributed by atoms with Crippen molar-refractivity contribution in [2.24, 2.45) is 0 Å². The van der Waals surface area contributed by atoms with Gasteiger partial charge < -0.3 is 9.84 Å². The number of hydrogen-bond donors (Lipinski definition) is 1. The molecule has 0 aliphatic heterocycles. The van der Waals surface area contributed by atoms with Gasteiger partial charge in [0.2, 0.25) is 0 Å². The van der Waals surface area contributed by atoms with Crippen LogP contribution in [0.4, 0.5) is 0 Å². The van der Waals surface area contributed by atoms with Crippen LogP contribution in [0.3, 0.4) is 0 Å². The zero-order chi connectivity index (χ0) is 12.3. The van der Waals surface area contributed by atoms with Crippen molar-refractivity contribution in [2.45, 2.75) is 19.1 Å². The highest BCUT2D eigenvalue weighted by atomic mass is 16.5. The summed E-state index contributed by atoms with van der Waals surface area (Å²) < 4.78 is 6.86. The van der Waals surface area contributed by atoms with Crippen LogP contribution in [0, 0.1) is 0 Å². The zero-order valence-corrected chi connectivity index (χ0v) is 9.95. The fourth-order valence-electron chi connectivity index (χ4n) is 1.69. The van der Waals surface area contributed by atoms with Gasteiger partial charge in [0.05, 0.1) is 17.5 Å². The Bertz CT molecular complexity index is 467. The van der Waals surface area contributed by atoms with Crippen LogP contribution in [-0.2, 0) is 4.74 Å². The van der Waals surface area contributed by atoms with E-state index in [0.717, 1.165) is 11.4 Å². The molecule has 0 radical (unpaired) electrons. The molecule has 2 unspecified atom stereocenters. The molecule has 1 N–H and O–H groups in total. The SMILES string of the molecule is COC(C)C(O)c1ccnn1-c1ccccc1. The lowest BCUT2D eigenvalue weighted by molar-refractivity contribution is -0.00475. The summed E-state index contributed by atoms with van der Waals surface area (Å²) in [6.07, 6.45) is 0.713. The molecule has 90 valence electrons. The van der Waals surface area contributed by atoms with Gasteiger partial charge in [0.1, 0.15) is 6.10 Å². The predicted octanol–water partition coefficient (Wildman–Crippen LogP) is 1.94. The lowest BCUT2D eigenvalue weighted by atomic mass is 10.1. The molecule has 2 aromatic rings. The number of aromatic nitrogens is 2.